The van der Waals surface area contributed by atoms with Gasteiger partial charge in [-0.3, -0.25) is 15.1 Å². The smallest absolute Gasteiger partial charge is 0.413 e. The molecule has 12 heteroatoms. The van der Waals surface area contributed by atoms with Crippen LogP contribution < -0.4 is 10.6 Å². The van der Waals surface area contributed by atoms with Crippen LogP contribution in [0.15, 0.2) is 36.5 Å². The maximum absolute atomic E-state index is 14.9. The average Bonchev–Trinajstić information content (AvgIpc) is 3.14. The van der Waals surface area contributed by atoms with Gasteiger partial charge in [-0.25, -0.2) is 13.9 Å². The summed E-state index contributed by atoms with van der Waals surface area (Å²) in [7, 11) is 1.55. The lowest BCUT2D eigenvalue weighted by atomic mass is 9.35. The Hall–Kier alpha value is -4.04. The fraction of sp³-hybridized carbons (Fsp3) is 0.333. The monoisotopic (exact) mass is 509 g/mol. The van der Waals surface area contributed by atoms with Crippen molar-refractivity contribution in [3.05, 3.63) is 52.9 Å². The summed E-state index contributed by atoms with van der Waals surface area (Å²) in [5.74, 6) is -0.891. The minimum Gasteiger partial charge on any atom is -0.441 e. The lowest BCUT2D eigenvalue weighted by Gasteiger charge is -2.65. The summed E-state index contributed by atoms with van der Waals surface area (Å²) in [5, 5.41) is 22.6. The molecule has 0 saturated heterocycles. The van der Waals surface area contributed by atoms with Crippen LogP contribution in [0.25, 0.3) is 11.4 Å². The van der Waals surface area contributed by atoms with Crippen LogP contribution in [0.1, 0.15) is 37.9 Å². The fourth-order valence-corrected chi connectivity index (χ4v) is 5.17. The number of nitriles is 1. The van der Waals surface area contributed by atoms with Crippen LogP contribution in [0.5, 0.6) is 0 Å². The molecular formula is C24H21ClFN7O3. The van der Waals surface area contributed by atoms with Crippen LogP contribution in [-0.4, -0.2) is 32.0 Å². The number of carbonyl (C=O) groups excluding carboxylic acids is 2. The molecule has 3 aromatic rings. The number of aromatic nitrogens is 4. The van der Waals surface area contributed by atoms with Crippen molar-refractivity contribution in [2.45, 2.75) is 32.3 Å². The number of pyridine rings is 1. The maximum atomic E-state index is 14.9. The summed E-state index contributed by atoms with van der Waals surface area (Å²) in [5.41, 5.74) is -0.204. The molecule has 0 aliphatic heterocycles. The fourth-order valence-electron chi connectivity index (χ4n) is 4.88. The molecule has 184 valence electrons. The number of nitrogens with one attached hydrogen (secondary N) is 2. The highest BCUT2D eigenvalue weighted by Gasteiger charge is 2.72. The van der Waals surface area contributed by atoms with Crippen LogP contribution >= 0.6 is 11.6 Å². The molecule has 10 nitrogen and oxygen atoms in total. The zero-order valence-electron chi connectivity index (χ0n) is 19.4. The third-order valence-corrected chi connectivity index (χ3v) is 7.11. The third-order valence-electron chi connectivity index (χ3n) is 6.77. The summed E-state index contributed by atoms with van der Waals surface area (Å²) in [6.45, 7) is 1.68. The number of carbonyl (C=O) groups is 2. The van der Waals surface area contributed by atoms with Gasteiger partial charge in [0.1, 0.15) is 6.10 Å². The predicted molar refractivity (Wildman–Crippen MR) is 127 cm³/mol. The minimum atomic E-state index is -0.785. The highest BCUT2D eigenvalue weighted by molar-refractivity contribution is 6.31. The van der Waals surface area contributed by atoms with E-state index in [1.807, 2.05) is 0 Å². The molecule has 3 aliphatic carbocycles. The number of benzene rings is 1. The Morgan fingerprint density at radius 1 is 1.28 bits per heavy atom. The first-order chi connectivity index (χ1) is 17.2. The van der Waals surface area contributed by atoms with Gasteiger partial charge in [0.05, 0.1) is 34.5 Å². The van der Waals surface area contributed by atoms with E-state index in [2.05, 4.69) is 32.0 Å². The van der Waals surface area contributed by atoms with Crippen molar-refractivity contribution in [1.82, 2.24) is 20.0 Å². The molecule has 0 radical (unpaired) electrons. The lowest BCUT2D eigenvalue weighted by Crippen LogP contribution is -2.66. The number of aryl methyl sites for hydroxylation is 1. The van der Waals surface area contributed by atoms with Crippen LogP contribution in [-0.2, 0) is 16.6 Å². The van der Waals surface area contributed by atoms with Crippen LogP contribution in [0, 0.1) is 28.0 Å². The van der Waals surface area contributed by atoms with E-state index in [-0.39, 0.29) is 34.2 Å². The van der Waals surface area contributed by atoms with Gasteiger partial charge in [0, 0.05) is 23.7 Å². The molecular weight excluding hydrogens is 489 g/mol. The second-order valence-corrected chi connectivity index (χ2v) is 9.72. The molecule has 3 aliphatic rings. The number of ether oxygens (including phenoxy) is 1. The maximum Gasteiger partial charge on any atom is 0.413 e. The van der Waals surface area contributed by atoms with E-state index in [0.717, 1.165) is 6.07 Å². The Bertz CT molecular complexity index is 1410. The molecule has 2 heterocycles. The molecule has 1 aromatic carbocycles. The zero-order valence-corrected chi connectivity index (χ0v) is 20.1. The van der Waals surface area contributed by atoms with Crippen LogP contribution in [0.4, 0.5) is 20.7 Å². The molecule has 2 amide bonds. The number of halogens is 2. The number of rotatable bonds is 6. The first kappa shape index (κ1) is 23.7. The molecule has 2 aromatic heterocycles. The molecule has 1 atom stereocenters. The number of hydrogen-bond donors (Lipinski definition) is 2. The lowest BCUT2D eigenvalue weighted by molar-refractivity contribution is -0.179. The van der Waals surface area contributed by atoms with Gasteiger partial charge in [-0.05, 0) is 32.3 Å². The Balaban J connectivity index is 1.28. The van der Waals surface area contributed by atoms with E-state index >= 15 is 0 Å². The van der Waals surface area contributed by atoms with Gasteiger partial charge in [-0.15, -0.1) is 5.10 Å². The number of amides is 2. The van der Waals surface area contributed by atoms with Crippen LogP contribution in [0.2, 0.25) is 5.02 Å². The van der Waals surface area contributed by atoms with Gasteiger partial charge in [-0.2, -0.15) is 5.26 Å². The Morgan fingerprint density at radius 3 is 2.67 bits per heavy atom. The van der Waals surface area contributed by atoms with E-state index < -0.39 is 23.4 Å². The molecule has 0 spiro atoms. The van der Waals surface area contributed by atoms with E-state index in [9.17, 15) is 14.0 Å². The second kappa shape index (κ2) is 8.57. The van der Waals surface area contributed by atoms with Crippen molar-refractivity contribution in [1.29, 1.82) is 5.26 Å². The summed E-state index contributed by atoms with van der Waals surface area (Å²) < 4.78 is 21.6. The van der Waals surface area contributed by atoms with Gasteiger partial charge in [0.25, 0.3) is 0 Å². The largest absolute Gasteiger partial charge is 0.441 e. The van der Waals surface area contributed by atoms with Crippen LogP contribution in [0.3, 0.4) is 0 Å². The van der Waals surface area contributed by atoms with Crippen molar-refractivity contribution in [2.75, 3.05) is 10.6 Å². The van der Waals surface area contributed by atoms with Gasteiger partial charge in [-0.1, -0.05) is 35.0 Å². The molecule has 0 unspecified atom stereocenters. The van der Waals surface area contributed by atoms with Gasteiger partial charge >= 0.3 is 6.09 Å². The number of anilines is 2. The van der Waals surface area contributed by atoms with Crippen molar-refractivity contribution in [3.63, 3.8) is 0 Å². The van der Waals surface area contributed by atoms with E-state index in [4.69, 9.17) is 21.6 Å². The molecule has 6 rings (SSSR count). The molecule has 2 N–H and O–H groups in total. The third kappa shape index (κ3) is 3.93. The first-order valence-corrected chi connectivity index (χ1v) is 11.5. The first-order valence-electron chi connectivity index (χ1n) is 11.2. The Labute approximate surface area is 210 Å². The molecule has 3 fully saturated rings. The van der Waals surface area contributed by atoms with Gasteiger partial charge in [0.15, 0.2) is 17.3 Å². The standard InChI is InChI=1S/C24H21ClFN7O3/c1-13(14-5-3-4-6-15(14)25)36-22(35)30-20-19(31-32-33(20)2)17-7-16(26)18(8-28-17)29-21(34)24-9-23(10-24,11-24)12-27/h3-8,13H,9-11H2,1-2H3,(H,29,34)(H,30,35)/t13-,23?,24?/m1/s1. The highest BCUT2D eigenvalue weighted by atomic mass is 35.5. The van der Waals surface area contributed by atoms with E-state index in [0.29, 0.717) is 29.8 Å². The van der Waals surface area contributed by atoms with Crippen molar-refractivity contribution in [3.8, 4) is 17.5 Å². The molecule has 3 saturated carbocycles. The highest BCUT2D eigenvalue weighted by Crippen LogP contribution is 2.73. The predicted octanol–water partition coefficient (Wildman–Crippen LogP) is 4.61. The summed E-state index contributed by atoms with van der Waals surface area (Å²) in [4.78, 5) is 29.4. The van der Waals surface area contributed by atoms with Crippen molar-refractivity contribution in [2.24, 2.45) is 17.9 Å². The molecule has 36 heavy (non-hydrogen) atoms. The quantitative estimate of drug-likeness (QED) is 0.495. The number of hydrogen-bond acceptors (Lipinski definition) is 7. The average molecular weight is 510 g/mol. The van der Waals surface area contributed by atoms with Crippen molar-refractivity contribution < 1.29 is 18.7 Å². The second-order valence-electron chi connectivity index (χ2n) is 9.31. The Kier molecular flexibility index (Phi) is 5.64. The topological polar surface area (TPSA) is 135 Å². The number of nitrogens with zero attached hydrogens (tertiary/aromatic N) is 5. The van der Waals surface area contributed by atoms with E-state index in [1.165, 1.54) is 10.9 Å². The van der Waals surface area contributed by atoms with Crippen molar-refractivity contribution >= 4 is 35.1 Å². The summed E-state index contributed by atoms with van der Waals surface area (Å²) in [6, 6.07) is 10.3. The normalized spacial score (nSPS) is 22.4. The van der Waals surface area contributed by atoms with E-state index in [1.54, 1.807) is 38.2 Å². The summed E-state index contributed by atoms with van der Waals surface area (Å²) in [6.07, 6.45) is 1.25. The SMILES string of the molecule is C[C@@H](OC(=O)Nc1c(-c2cc(F)c(NC(=O)C34CC(C#N)(C3)C4)cn2)nnn1C)c1ccccc1Cl. The zero-order chi connectivity index (χ0) is 25.7. The summed E-state index contributed by atoms with van der Waals surface area (Å²) >= 11 is 6.17. The minimum absolute atomic E-state index is 0.0779. The van der Waals surface area contributed by atoms with Gasteiger partial charge in [0.2, 0.25) is 5.91 Å². The molecule has 2 bridgehead atoms. The van der Waals surface area contributed by atoms with Gasteiger partial charge < -0.3 is 10.1 Å². The Morgan fingerprint density at radius 2 is 2.00 bits per heavy atom.